The molecule has 0 aliphatic carbocycles. The number of carboxylic acids is 1. The van der Waals surface area contributed by atoms with Gasteiger partial charge < -0.3 is 20.7 Å². The summed E-state index contributed by atoms with van der Waals surface area (Å²) in [6, 6.07) is 13.8. The number of carboxylic acid groups (broad SMARTS) is 1. The molecule has 1 saturated heterocycles. The van der Waals surface area contributed by atoms with Crippen LogP contribution in [-0.2, 0) is 14.4 Å². The Morgan fingerprint density at radius 1 is 1.14 bits per heavy atom. The maximum Gasteiger partial charge on any atom is 0.352 e. The van der Waals surface area contributed by atoms with Gasteiger partial charge >= 0.3 is 5.97 Å². The van der Waals surface area contributed by atoms with E-state index in [1.165, 1.54) is 16.7 Å². The Balaban J connectivity index is 1.36. The Kier molecular flexibility index (Phi) is 5.77. The highest BCUT2D eigenvalue weighted by molar-refractivity contribution is 8.00. The molecule has 3 heterocycles. The molecule has 2 aromatic carbocycles. The van der Waals surface area contributed by atoms with Crippen molar-refractivity contribution in [1.29, 1.82) is 0 Å². The summed E-state index contributed by atoms with van der Waals surface area (Å²) in [6.07, 6.45) is 0. The number of nitrogens with zero attached hydrogens (tertiary/aromatic N) is 2. The number of aliphatic carboxylic acids is 1. The molecule has 11 heteroatoms. The molecule has 3 aromatic rings. The maximum atomic E-state index is 13.3. The SMILES string of the molecule is CC1=C(C(=O)O)N2C(=O)C(NC(=O)C(NC(=O)c3nc4ccccc4[nH]3)c3ccccc3)[C@@H]2SC1. The van der Waals surface area contributed by atoms with E-state index in [1.807, 2.05) is 6.07 Å². The van der Waals surface area contributed by atoms with E-state index in [2.05, 4.69) is 20.6 Å². The van der Waals surface area contributed by atoms with Gasteiger partial charge in [0.15, 0.2) is 5.82 Å². The van der Waals surface area contributed by atoms with Crippen LogP contribution in [0.5, 0.6) is 0 Å². The minimum absolute atomic E-state index is 0.0398. The van der Waals surface area contributed by atoms with Gasteiger partial charge in [-0.05, 0) is 30.2 Å². The number of amides is 3. The second-order valence-electron chi connectivity index (χ2n) is 8.25. The predicted molar refractivity (Wildman–Crippen MR) is 128 cm³/mol. The van der Waals surface area contributed by atoms with Crippen LogP contribution in [0.1, 0.15) is 29.1 Å². The summed E-state index contributed by atoms with van der Waals surface area (Å²) in [4.78, 5) is 59.2. The number of para-hydroxylation sites is 2. The van der Waals surface area contributed by atoms with Crippen LogP contribution >= 0.6 is 11.8 Å². The number of imidazole rings is 1. The van der Waals surface area contributed by atoms with Crippen molar-refractivity contribution in [3.63, 3.8) is 0 Å². The third-order valence-corrected chi connectivity index (χ3v) is 7.36. The second kappa shape index (κ2) is 8.91. The molecule has 0 saturated carbocycles. The van der Waals surface area contributed by atoms with Gasteiger partial charge in [-0.15, -0.1) is 11.8 Å². The monoisotopic (exact) mass is 491 g/mol. The van der Waals surface area contributed by atoms with Gasteiger partial charge in [-0.25, -0.2) is 9.78 Å². The lowest BCUT2D eigenvalue weighted by Crippen LogP contribution is -2.71. The number of carbonyl (C=O) groups excluding carboxylic acids is 3. The first-order valence-corrected chi connectivity index (χ1v) is 11.9. The summed E-state index contributed by atoms with van der Waals surface area (Å²) in [5.41, 5.74) is 2.38. The summed E-state index contributed by atoms with van der Waals surface area (Å²) in [6.45, 7) is 1.67. The van der Waals surface area contributed by atoms with E-state index in [-0.39, 0.29) is 11.5 Å². The quantitative estimate of drug-likeness (QED) is 0.385. The topological polar surface area (TPSA) is 144 Å². The number of thioether (sulfide) groups is 1. The first-order valence-electron chi connectivity index (χ1n) is 10.8. The van der Waals surface area contributed by atoms with Crippen molar-refractivity contribution in [2.45, 2.75) is 24.4 Å². The zero-order chi connectivity index (χ0) is 24.7. The molecular formula is C24H21N5O5S. The summed E-state index contributed by atoms with van der Waals surface area (Å²) in [7, 11) is 0. The smallest absolute Gasteiger partial charge is 0.352 e. The molecule has 3 atom stereocenters. The van der Waals surface area contributed by atoms with E-state index in [4.69, 9.17) is 0 Å². The molecule has 178 valence electrons. The van der Waals surface area contributed by atoms with Gasteiger partial charge in [0.2, 0.25) is 5.91 Å². The number of β-lactam (4-membered cyclic amide) rings is 1. The standard InChI is InChI=1S/C24H21N5O5S/c1-12-11-35-23-17(22(32)29(23)18(12)24(33)34)28-20(30)16(13-7-3-2-4-8-13)27-21(31)19-25-14-9-5-6-10-15(14)26-19/h2-10,16-17,23H,11H2,1H3,(H,25,26)(H,27,31)(H,28,30)(H,33,34)/t16?,17?,23-/m0/s1. The van der Waals surface area contributed by atoms with E-state index < -0.39 is 41.1 Å². The number of hydrogen-bond donors (Lipinski definition) is 4. The molecule has 0 bridgehead atoms. The molecule has 5 rings (SSSR count). The Bertz CT molecular complexity index is 1350. The van der Waals surface area contributed by atoms with E-state index in [9.17, 15) is 24.3 Å². The second-order valence-corrected chi connectivity index (χ2v) is 9.35. The van der Waals surface area contributed by atoms with Crippen molar-refractivity contribution in [3.8, 4) is 0 Å². The van der Waals surface area contributed by atoms with E-state index in [0.29, 0.717) is 27.9 Å². The third-order valence-electron chi connectivity index (χ3n) is 5.93. The highest BCUT2D eigenvalue weighted by atomic mass is 32.2. The van der Waals surface area contributed by atoms with Crippen molar-refractivity contribution < 1.29 is 24.3 Å². The lowest BCUT2D eigenvalue weighted by Gasteiger charge is -2.49. The number of fused-ring (bicyclic) bond motifs is 2. The van der Waals surface area contributed by atoms with E-state index >= 15 is 0 Å². The number of aromatic amines is 1. The number of nitrogens with one attached hydrogen (secondary N) is 3. The summed E-state index contributed by atoms with van der Waals surface area (Å²) >= 11 is 1.38. The van der Waals surface area contributed by atoms with Gasteiger partial charge in [0.05, 0.1) is 11.0 Å². The Morgan fingerprint density at radius 3 is 2.57 bits per heavy atom. The molecule has 3 amide bonds. The van der Waals surface area contributed by atoms with Gasteiger partial charge in [-0.1, -0.05) is 42.5 Å². The molecule has 2 aliphatic rings. The van der Waals surface area contributed by atoms with Crippen LogP contribution in [0, 0.1) is 0 Å². The van der Waals surface area contributed by atoms with Crippen LogP contribution in [0.15, 0.2) is 65.9 Å². The number of rotatable bonds is 6. The number of carbonyl (C=O) groups is 4. The van der Waals surface area contributed by atoms with Crippen LogP contribution in [-0.4, -0.2) is 60.8 Å². The van der Waals surface area contributed by atoms with Gasteiger partial charge in [-0.2, -0.15) is 0 Å². The number of H-pyrrole nitrogens is 1. The van der Waals surface area contributed by atoms with E-state index in [1.54, 1.807) is 55.5 Å². The Hall–Kier alpha value is -4.12. The average molecular weight is 492 g/mol. The van der Waals surface area contributed by atoms with Crippen molar-refractivity contribution in [3.05, 3.63) is 77.3 Å². The van der Waals surface area contributed by atoms with Gasteiger partial charge in [0.1, 0.15) is 23.2 Å². The van der Waals surface area contributed by atoms with Crippen LogP contribution in [0.25, 0.3) is 11.0 Å². The minimum atomic E-state index is -1.17. The van der Waals surface area contributed by atoms with Crippen LogP contribution in [0.4, 0.5) is 0 Å². The van der Waals surface area contributed by atoms with Crippen LogP contribution in [0.3, 0.4) is 0 Å². The summed E-state index contributed by atoms with van der Waals surface area (Å²) in [5.74, 6) is -2.34. The third kappa shape index (κ3) is 4.03. The van der Waals surface area contributed by atoms with Gasteiger partial charge in [0.25, 0.3) is 11.8 Å². The van der Waals surface area contributed by atoms with Crippen molar-refractivity contribution in [2.24, 2.45) is 0 Å². The van der Waals surface area contributed by atoms with Crippen molar-refractivity contribution in [2.75, 3.05) is 5.75 Å². The highest BCUT2D eigenvalue weighted by Gasteiger charge is 2.54. The van der Waals surface area contributed by atoms with Crippen molar-refractivity contribution >= 4 is 46.5 Å². The normalized spacial score (nSPS) is 20.1. The summed E-state index contributed by atoms with van der Waals surface area (Å²) in [5, 5.41) is 14.4. The Morgan fingerprint density at radius 2 is 1.86 bits per heavy atom. The average Bonchev–Trinajstić information content (AvgIpc) is 3.30. The molecule has 10 nitrogen and oxygen atoms in total. The van der Waals surface area contributed by atoms with Gasteiger partial charge in [-0.3, -0.25) is 19.3 Å². The predicted octanol–water partition coefficient (Wildman–Crippen LogP) is 1.79. The molecule has 2 aliphatic heterocycles. The first kappa shape index (κ1) is 22.7. The molecule has 1 fully saturated rings. The fraction of sp³-hybridized carbons (Fsp3) is 0.208. The van der Waals surface area contributed by atoms with Gasteiger partial charge in [0, 0.05) is 5.75 Å². The number of hydrogen-bond acceptors (Lipinski definition) is 6. The Labute approximate surface area is 203 Å². The molecule has 1 aromatic heterocycles. The van der Waals surface area contributed by atoms with Crippen LogP contribution < -0.4 is 10.6 Å². The zero-order valence-corrected chi connectivity index (χ0v) is 19.3. The molecule has 0 spiro atoms. The minimum Gasteiger partial charge on any atom is -0.477 e. The fourth-order valence-corrected chi connectivity index (χ4v) is 5.51. The van der Waals surface area contributed by atoms with Crippen molar-refractivity contribution in [1.82, 2.24) is 25.5 Å². The summed E-state index contributed by atoms with van der Waals surface area (Å²) < 4.78 is 0. The van der Waals surface area contributed by atoms with Crippen LogP contribution in [0.2, 0.25) is 0 Å². The number of aromatic nitrogens is 2. The lowest BCUT2D eigenvalue weighted by atomic mass is 10.0. The first-order chi connectivity index (χ1) is 16.8. The highest BCUT2D eigenvalue weighted by Crippen LogP contribution is 2.40. The largest absolute Gasteiger partial charge is 0.477 e. The molecule has 2 unspecified atom stereocenters. The zero-order valence-electron chi connectivity index (χ0n) is 18.5. The molecule has 4 N–H and O–H groups in total. The fourth-order valence-electron chi connectivity index (χ4n) is 4.22. The maximum absolute atomic E-state index is 13.3. The molecular weight excluding hydrogens is 470 g/mol. The lowest BCUT2D eigenvalue weighted by molar-refractivity contribution is -0.151. The number of benzene rings is 2. The van der Waals surface area contributed by atoms with E-state index in [0.717, 1.165) is 0 Å². The molecule has 35 heavy (non-hydrogen) atoms. The molecule has 0 radical (unpaired) electrons.